The summed E-state index contributed by atoms with van der Waals surface area (Å²) in [5.41, 5.74) is 0. The first kappa shape index (κ1) is 11.5. The van der Waals surface area contributed by atoms with Crippen LogP contribution >= 0.6 is 15.9 Å². The third-order valence-corrected chi connectivity index (χ3v) is 3.40. The molecule has 0 radical (unpaired) electrons. The molecule has 0 aromatic rings. The molecule has 1 aliphatic rings. The standard InChI is InChI=1S/C10H20BrNO/c1-2-6-13-7-5-12-4-3-10(8-11)9-12/h10H,2-9H2,1H3. The van der Waals surface area contributed by atoms with Gasteiger partial charge in [0, 0.05) is 25.0 Å². The maximum atomic E-state index is 5.46. The normalized spacial score (nSPS) is 24.0. The van der Waals surface area contributed by atoms with Gasteiger partial charge in [-0.25, -0.2) is 0 Å². The average molecular weight is 250 g/mol. The molecule has 1 fully saturated rings. The molecule has 0 saturated carbocycles. The molecule has 1 atom stereocenters. The van der Waals surface area contributed by atoms with Gasteiger partial charge < -0.3 is 9.64 Å². The van der Waals surface area contributed by atoms with E-state index in [1.165, 1.54) is 19.5 Å². The lowest BCUT2D eigenvalue weighted by Gasteiger charge is -2.14. The molecule has 1 unspecified atom stereocenters. The molecule has 1 rings (SSSR count). The summed E-state index contributed by atoms with van der Waals surface area (Å²) in [5, 5.41) is 1.15. The molecule has 78 valence electrons. The zero-order valence-corrected chi connectivity index (χ0v) is 10.1. The summed E-state index contributed by atoms with van der Waals surface area (Å²) in [4.78, 5) is 2.50. The fourth-order valence-corrected chi connectivity index (χ4v) is 2.21. The Morgan fingerprint density at radius 2 is 2.31 bits per heavy atom. The monoisotopic (exact) mass is 249 g/mol. The topological polar surface area (TPSA) is 12.5 Å². The van der Waals surface area contributed by atoms with Crippen molar-refractivity contribution in [2.24, 2.45) is 5.92 Å². The van der Waals surface area contributed by atoms with Crippen LogP contribution in [0.3, 0.4) is 0 Å². The van der Waals surface area contributed by atoms with Gasteiger partial charge in [0.1, 0.15) is 0 Å². The Labute approximate surface area is 89.8 Å². The second-order valence-corrected chi connectivity index (χ2v) is 4.37. The van der Waals surface area contributed by atoms with E-state index in [-0.39, 0.29) is 0 Å². The van der Waals surface area contributed by atoms with E-state index in [4.69, 9.17) is 4.74 Å². The minimum Gasteiger partial charge on any atom is -0.380 e. The smallest absolute Gasteiger partial charge is 0.0593 e. The largest absolute Gasteiger partial charge is 0.380 e. The molecule has 0 spiro atoms. The van der Waals surface area contributed by atoms with E-state index < -0.39 is 0 Å². The number of alkyl halides is 1. The van der Waals surface area contributed by atoms with Crippen LogP contribution in [0.5, 0.6) is 0 Å². The van der Waals surface area contributed by atoms with Gasteiger partial charge in [-0.1, -0.05) is 22.9 Å². The second-order valence-electron chi connectivity index (χ2n) is 3.72. The van der Waals surface area contributed by atoms with Gasteiger partial charge in [-0.2, -0.15) is 0 Å². The van der Waals surface area contributed by atoms with Gasteiger partial charge in [-0.05, 0) is 25.3 Å². The Morgan fingerprint density at radius 3 is 2.92 bits per heavy atom. The fraction of sp³-hybridized carbons (Fsp3) is 1.00. The van der Waals surface area contributed by atoms with E-state index in [9.17, 15) is 0 Å². The molecular weight excluding hydrogens is 230 g/mol. The second kappa shape index (κ2) is 6.80. The summed E-state index contributed by atoms with van der Waals surface area (Å²) in [6, 6.07) is 0. The molecule has 0 N–H and O–H groups in total. The highest BCUT2D eigenvalue weighted by atomic mass is 79.9. The third kappa shape index (κ3) is 4.43. The van der Waals surface area contributed by atoms with E-state index in [2.05, 4.69) is 27.8 Å². The van der Waals surface area contributed by atoms with Crippen molar-refractivity contribution in [2.75, 3.05) is 38.2 Å². The van der Waals surface area contributed by atoms with Gasteiger partial charge >= 0.3 is 0 Å². The minimum atomic E-state index is 0.867. The van der Waals surface area contributed by atoms with Crippen LogP contribution in [0.4, 0.5) is 0 Å². The molecule has 1 saturated heterocycles. The molecule has 0 aromatic carbocycles. The van der Waals surface area contributed by atoms with Crippen LogP contribution in [-0.4, -0.2) is 43.1 Å². The minimum absolute atomic E-state index is 0.867. The number of halogens is 1. The van der Waals surface area contributed by atoms with Gasteiger partial charge in [0.15, 0.2) is 0 Å². The van der Waals surface area contributed by atoms with Gasteiger partial charge in [0.05, 0.1) is 6.61 Å². The predicted molar refractivity (Wildman–Crippen MR) is 59.5 cm³/mol. The molecule has 0 bridgehead atoms. The van der Waals surface area contributed by atoms with Crippen molar-refractivity contribution in [1.29, 1.82) is 0 Å². The quantitative estimate of drug-likeness (QED) is 0.529. The summed E-state index contributed by atoms with van der Waals surface area (Å²) >= 11 is 3.54. The first-order valence-corrected chi connectivity index (χ1v) is 6.35. The van der Waals surface area contributed by atoms with Crippen molar-refractivity contribution in [1.82, 2.24) is 4.90 Å². The first-order valence-electron chi connectivity index (χ1n) is 5.23. The van der Waals surface area contributed by atoms with Gasteiger partial charge in [-0.15, -0.1) is 0 Å². The summed E-state index contributed by atoms with van der Waals surface area (Å²) in [6.45, 7) is 7.59. The summed E-state index contributed by atoms with van der Waals surface area (Å²) in [5.74, 6) is 0.867. The molecule has 0 aliphatic carbocycles. The maximum Gasteiger partial charge on any atom is 0.0593 e. The van der Waals surface area contributed by atoms with Crippen molar-refractivity contribution in [2.45, 2.75) is 19.8 Å². The fourth-order valence-electron chi connectivity index (χ4n) is 1.68. The zero-order valence-electron chi connectivity index (χ0n) is 8.47. The van der Waals surface area contributed by atoms with Crippen LogP contribution in [0.25, 0.3) is 0 Å². The molecule has 13 heavy (non-hydrogen) atoms. The SMILES string of the molecule is CCCOCCN1CCC(CBr)C1. The Hall–Kier alpha value is 0.400. The number of likely N-dealkylation sites (tertiary alicyclic amines) is 1. The van der Waals surface area contributed by atoms with Crippen molar-refractivity contribution in [3.63, 3.8) is 0 Å². The Kier molecular flexibility index (Phi) is 6.00. The first-order chi connectivity index (χ1) is 6.36. The van der Waals surface area contributed by atoms with E-state index in [1.54, 1.807) is 0 Å². The van der Waals surface area contributed by atoms with E-state index in [0.717, 1.165) is 37.4 Å². The van der Waals surface area contributed by atoms with Crippen molar-refractivity contribution in [3.05, 3.63) is 0 Å². The van der Waals surface area contributed by atoms with E-state index >= 15 is 0 Å². The molecular formula is C10H20BrNO. The van der Waals surface area contributed by atoms with E-state index in [1.807, 2.05) is 0 Å². The Morgan fingerprint density at radius 1 is 1.46 bits per heavy atom. The molecule has 0 amide bonds. The molecule has 0 aromatic heterocycles. The van der Waals surface area contributed by atoms with Gasteiger partial charge in [0.2, 0.25) is 0 Å². The number of hydrogen-bond donors (Lipinski definition) is 0. The van der Waals surface area contributed by atoms with Crippen LogP contribution < -0.4 is 0 Å². The van der Waals surface area contributed by atoms with Gasteiger partial charge in [-0.3, -0.25) is 0 Å². The highest BCUT2D eigenvalue weighted by molar-refractivity contribution is 9.09. The zero-order chi connectivity index (χ0) is 9.52. The number of rotatable bonds is 6. The van der Waals surface area contributed by atoms with Crippen molar-refractivity contribution < 1.29 is 4.74 Å². The lowest BCUT2D eigenvalue weighted by atomic mass is 10.2. The van der Waals surface area contributed by atoms with Gasteiger partial charge in [0.25, 0.3) is 0 Å². The van der Waals surface area contributed by atoms with Crippen LogP contribution in [-0.2, 0) is 4.74 Å². The Balaban J connectivity index is 1.97. The average Bonchev–Trinajstić information content (AvgIpc) is 2.60. The molecule has 1 heterocycles. The lowest BCUT2D eigenvalue weighted by molar-refractivity contribution is 0.111. The lowest BCUT2D eigenvalue weighted by Crippen LogP contribution is -2.25. The van der Waals surface area contributed by atoms with Crippen LogP contribution in [0.15, 0.2) is 0 Å². The Bertz CT molecular complexity index is 132. The maximum absolute atomic E-state index is 5.46. The summed E-state index contributed by atoms with van der Waals surface area (Å²) in [7, 11) is 0. The highest BCUT2D eigenvalue weighted by Crippen LogP contribution is 2.17. The summed E-state index contributed by atoms with van der Waals surface area (Å²) < 4.78 is 5.46. The third-order valence-electron chi connectivity index (χ3n) is 2.49. The van der Waals surface area contributed by atoms with Crippen molar-refractivity contribution in [3.8, 4) is 0 Å². The van der Waals surface area contributed by atoms with E-state index in [0.29, 0.717) is 0 Å². The molecule has 1 aliphatic heterocycles. The van der Waals surface area contributed by atoms with Crippen LogP contribution in [0.2, 0.25) is 0 Å². The highest BCUT2D eigenvalue weighted by Gasteiger charge is 2.20. The van der Waals surface area contributed by atoms with Crippen LogP contribution in [0, 0.1) is 5.92 Å². The van der Waals surface area contributed by atoms with Crippen LogP contribution in [0.1, 0.15) is 19.8 Å². The molecule has 2 nitrogen and oxygen atoms in total. The number of ether oxygens (including phenoxy) is 1. The predicted octanol–water partition coefficient (Wildman–Crippen LogP) is 2.13. The summed E-state index contributed by atoms with van der Waals surface area (Å²) in [6.07, 6.45) is 2.48. The van der Waals surface area contributed by atoms with Crippen molar-refractivity contribution >= 4 is 15.9 Å². The number of hydrogen-bond acceptors (Lipinski definition) is 2. The molecule has 3 heteroatoms. The number of nitrogens with zero attached hydrogens (tertiary/aromatic N) is 1.